The Labute approximate surface area is 267 Å². The Kier molecular flexibility index (Phi) is 12.9. The van der Waals surface area contributed by atoms with Gasteiger partial charge in [-0.25, -0.2) is 0 Å². The fourth-order valence-electron chi connectivity index (χ4n) is 4.94. The molecule has 13 nitrogen and oxygen atoms in total. The molecule has 0 aliphatic heterocycles. The van der Waals surface area contributed by atoms with Gasteiger partial charge in [0.25, 0.3) is 0 Å². The van der Waals surface area contributed by atoms with Crippen molar-refractivity contribution in [1.82, 2.24) is 26.3 Å². The van der Waals surface area contributed by atoms with Crippen LogP contribution in [0.5, 0.6) is 0 Å². The smallest absolute Gasteiger partial charge is 0.303 e. The lowest BCUT2D eigenvalue weighted by molar-refractivity contribution is -0.139. The van der Waals surface area contributed by atoms with Crippen LogP contribution in [0.2, 0.25) is 0 Å². The van der Waals surface area contributed by atoms with Gasteiger partial charge in [-0.05, 0) is 36.5 Å². The van der Waals surface area contributed by atoms with Gasteiger partial charge in [-0.15, -0.1) is 0 Å². The van der Waals surface area contributed by atoms with E-state index in [1.54, 1.807) is 30.5 Å². The summed E-state index contributed by atoms with van der Waals surface area (Å²) in [5.74, 6) is -4.46. The standard InChI is InChI=1S/C33H42N6O7/c1-19(2)15-26(32(45)36-20(3)31(44)38-25(30(34)43)16-21-9-5-4-6-10-21)39-33(46)27(37-28(40)13-14-29(41)42)17-22-18-35-24-12-8-7-11-23(22)24/h4-12,18-20,25-27,35H,13-17H2,1-3H3,(H2,34,43)(H,36,45)(H,37,40)(H,38,44)(H,39,46)(H,41,42)/t20-,25-,26-,27-/m0/s1. The number of hydrogen-bond donors (Lipinski definition) is 7. The molecule has 1 heterocycles. The highest BCUT2D eigenvalue weighted by Crippen LogP contribution is 2.19. The number of H-pyrrole nitrogens is 1. The number of aliphatic carboxylic acids is 1. The van der Waals surface area contributed by atoms with Gasteiger partial charge in [-0.3, -0.25) is 28.8 Å². The van der Waals surface area contributed by atoms with Crippen molar-refractivity contribution in [1.29, 1.82) is 0 Å². The third-order valence-electron chi connectivity index (χ3n) is 7.35. The molecule has 4 atom stereocenters. The number of fused-ring (bicyclic) bond motifs is 1. The van der Waals surface area contributed by atoms with Crippen LogP contribution in [0.4, 0.5) is 0 Å². The van der Waals surface area contributed by atoms with E-state index in [9.17, 15) is 28.8 Å². The number of benzene rings is 2. The zero-order valence-electron chi connectivity index (χ0n) is 26.2. The van der Waals surface area contributed by atoms with Gasteiger partial charge in [-0.1, -0.05) is 62.4 Å². The number of amides is 5. The molecule has 0 bridgehead atoms. The first-order valence-electron chi connectivity index (χ1n) is 15.1. The molecule has 0 aliphatic carbocycles. The van der Waals surface area contributed by atoms with Crippen LogP contribution in [0, 0.1) is 5.92 Å². The molecule has 3 aromatic rings. The maximum Gasteiger partial charge on any atom is 0.303 e. The summed E-state index contributed by atoms with van der Waals surface area (Å²) >= 11 is 0. The number of carboxylic acid groups (broad SMARTS) is 1. The van der Waals surface area contributed by atoms with Crippen molar-refractivity contribution in [3.63, 3.8) is 0 Å². The predicted molar refractivity (Wildman–Crippen MR) is 171 cm³/mol. The van der Waals surface area contributed by atoms with Gasteiger partial charge in [0.05, 0.1) is 6.42 Å². The summed E-state index contributed by atoms with van der Waals surface area (Å²) in [5, 5.41) is 20.4. The number of nitrogens with two attached hydrogens (primary N) is 1. The number of hydrogen-bond acceptors (Lipinski definition) is 6. The quantitative estimate of drug-likeness (QED) is 0.116. The largest absolute Gasteiger partial charge is 0.481 e. The van der Waals surface area contributed by atoms with Crippen molar-refractivity contribution in [3.8, 4) is 0 Å². The monoisotopic (exact) mass is 634 g/mol. The molecule has 13 heteroatoms. The number of para-hydroxylation sites is 1. The third kappa shape index (κ3) is 10.8. The first-order valence-corrected chi connectivity index (χ1v) is 15.1. The lowest BCUT2D eigenvalue weighted by atomic mass is 10.0. The number of rotatable bonds is 17. The lowest BCUT2D eigenvalue weighted by Gasteiger charge is -2.26. The highest BCUT2D eigenvalue weighted by atomic mass is 16.4. The topological polar surface area (TPSA) is 213 Å². The summed E-state index contributed by atoms with van der Waals surface area (Å²) in [6.45, 7) is 5.17. The second kappa shape index (κ2) is 16.8. The van der Waals surface area contributed by atoms with E-state index in [0.29, 0.717) is 0 Å². The Balaban J connectivity index is 1.73. The summed E-state index contributed by atoms with van der Waals surface area (Å²) in [7, 11) is 0. The number of primary amides is 1. The van der Waals surface area contributed by atoms with Crippen LogP contribution in [0.1, 0.15) is 51.2 Å². The predicted octanol–water partition coefficient (Wildman–Crippen LogP) is 1.31. The van der Waals surface area contributed by atoms with Crippen molar-refractivity contribution >= 4 is 46.4 Å². The molecule has 1 aromatic heterocycles. The highest BCUT2D eigenvalue weighted by molar-refractivity contribution is 5.96. The van der Waals surface area contributed by atoms with Crippen molar-refractivity contribution in [2.24, 2.45) is 11.7 Å². The lowest BCUT2D eigenvalue weighted by Crippen LogP contribution is -2.58. The maximum absolute atomic E-state index is 13.6. The minimum atomic E-state index is -1.15. The van der Waals surface area contributed by atoms with Gasteiger partial charge in [0, 0.05) is 36.4 Å². The van der Waals surface area contributed by atoms with Gasteiger partial charge in [0.2, 0.25) is 29.5 Å². The summed E-state index contributed by atoms with van der Waals surface area (Å²) < 4.78 is 0. The Hall–Kier alpha value is -5.20. The van der Waals surface area contributed by atoms with Gasteiger partial charge in [0.15, 0.2) is 0 Å². The van der Waals surface area contributed by atoms with Crippen molar-refractivity contribution in [3.05, 3.63) is 71.9 Å². The number of aromatic nitrogens is 1. The molecule has 0 radical (unpaired) electrons. The zero-order valence-corrected chi connectivity index (χ0v) is 26.2. The van der Waals surface area contributed by atoms with E-state index in [1.165, 1.54) is 6.92 Å². The third-order valence-corrected chi connectivity index (χ3v) is 7.35. The van der Waals surface area contributed by atoms with E-state index in [0.717, 1.165) is 22.0 Å². The summed E-state index contributed by atoms with van der Waals surface area (Å²) in [6, 6.07) is 12.2. The minimum absolute atomic E-state index is 0.0393. The molecule has 5 amide bonds. The van der Waals surface area contributed by atoms with E-state index in [4.69, 9.17) is 10.8 Å². The van der Waals surface area contributed by atoms with E-state index >= 15 is 0 Å². The molecule has 0 fully saturated rings. The Morgan fingerprint density at radius 2 is 1.37 bits per heavy atom. The molecule has 2 aromatic carbocycles. The molecule has 246 valence electrons. The van der Waals surface area contributed by atoms with Gasteiger partial charge < -0.3 is 37.1 Å². The van der Waals surface area contributed by atoms with E-state index < -0.39 is 66.1 Å². The van der Waals surface area contributed by atoms with Crippen LogP contribution < -0.4 is 27.0 Å². The SMILES string of the molecule is CC(C)C[C@H](NC(=O)[C@H](Cc1c[nH]c2ccccc12)NC(=O)CCC(=O)O)C(=O)N[C@@H](C)C(=O)N[C@@H](Cc1ccccc1)C(N)=O. The molecule has 0 saturated heterocycles. The first-order chi connectivity index (χ1) is 21.8. The van der Waals surface area contributed by atoms with E-state index in [-0.39, 0.29) is 31.6 Å². The molecule has 0 spiro atoms. The van der Waals surface area contributed by atoms with Crippen molar-refractivity contribution < 1.29 is 33.9 Å². The van der Waals surface area contributed by atoms with Crippen LogP contribution >= 0.6 is 0 Å². The number of carboxylic acids is 1. The number of carbonyl (C=O) groups is 6. The summed E-state index contributed by atoms with van der Waals surface area (Å²) in [6.07, 6.45) is 1.45. The molecule has 3 rings (SSSR count). The average molecular weight is 635 g/mol. The number of carbonyl (C=O) groups excluding carboxylic acids is 5. The second-order valence-electron chi connectivity index (χ2n) is 11.7. The zero-order chi connectivity index (χ0) is 33.8. The fourth-order valence-corrected chi connectivity index (χ4v) is 4.94. The molecule has 8 N–H and O–H groups in total. The van der Waals surface area contributed by atoms with Crippen LogP contribution in [0.25, 0.3) is 10.9 Å². The summed E-state index contributed by atoms with van der Waals surface area (Å²) in [4.78, 5) is 78.8. The highest BCUT2D eigenvalue weighted by Gasteiger charge is 2.30. The Morgan fingerprint density at radius 1 is 0.739 bits per heavy atom. The summed E-state index contributed by atoms with van der Waals surface area (Å²) in [5.41, 5.74) is 7.88. The van der Waals surface area contributed by atoms with E-state index in [1.807, 2.05) is 44.2 Å². The van der Waals surface area contributed by atoms with Crippen LogP contribution in [-0.2, 0) is 41.6 Å². The second-order valence-corrected chi connectivity index (χ2v) is 11.7. The maximum atomic E-state index is 13.6. The molecular weight excluding hydrogens is 592 g/mol. The molecule has 0 unspecified atom stereocenters. The van der Waals surface area contributed by atoms with Crippen LogP contribution in [0.3, 0.4) is 0 Å². The van der Waals surface area contributed by atoms with Crippen molar-refractivity contribution in [2.45, 2.75) is 77.0 Å². The van der Waals surface area contributed by atoms with Crippen molar-refractivity contribution in [2.75, 3.05) is 0 Å². The normalized spacial score (nSPS) is 13.7. The van der Waals surface area contributed by atoms with Crippen LogP contribution in [-0.4, -0.2) is 69.8 Å². The van der Waals surface area contributed by atoms with Gasteiger partial charge in [0.1, 0.15) is 24.2 Å². The number of nitrogens with one attached hydrogen (secondary N) is 5. The average Bonchev–Trinajstić information content (AvgIpc) is 3.41. The Bertz CT molecular complexity index is 1540. The first kappa shape index (κ1) is 35.3. The Morgan fingerprint density at radius 3 is 2.02 bits per heavy atom. The van der Waals surface area contributed by atoms with Gasteiger partial charge in [-0.2, -0.15) is 0 Å². The van der Waals surface area contributed by atoms with E-state index in [2.05, 4.69) is 26.3 Å². The molecule has 0 aliphatic rings. The van der Waals surface area contributed by atoms with Gasteiger partial charge >= 0.3 is 5.97 Å². The van der Waals surface area contributed by atoms with Crippen LogP contribution in [0.15, 0.2) is 60.8 Å². The minimum Gasteiger partial charge on any atom is -0.481 e. The fraction of sp³-hybridized carbons (Fsp3) is 0.394. The number of aromatic amines is 1. The molecule has 46 heavy (non-hydrogen) atoms. The molecule has 0 saturated carbocycles. The molecular formula is C33H42N6O7.